The Morgan fingerprint density at radius 3 is 2.46 bits per heavy atom. The molecule has 13 heavy (non-hydrogen) atoms. The number of benzene rings is 1. The molecule has 1 aromatic rings. The second-order valence-electron chi connectivity index (χ2n) is 3.28. The molecule has 68 valence electrons. The number of nitrogens with zero attached hydrogens (tertiary/aromatic N) is 1. The molecular formula is C10H11NO2. The van der Waals surface area contributed by atoms with E-state index in [4.69, 9.17) is 5.11 Å². The van der Waals surface area contributed by atoms with Crippen LogP contribution in [0.3, 0.4) is 0 Å². The van der Waals surface area contributed by atoms with Crippen molar-refractivity contribution in [2.24, 2.45) is 5.92 Å². The molecule has 3 heteroatoms. The van der Waals surface area contributed by atoms with Gasteiger partial charge in [-0.05, 0) is 12.1 Å². The molecular weight excluding hydrogens is 166 g/mol. The SMILES string of the molecule is O=C(O)C1CN(c2ccccc2)C1. The third-order valence-corrected chi connectivity index (χ3v) is 2.35. The van der Waals surface area contributed by atoms with Crippen LogP contribution >= 0.6 is 0 Å². The third kappa shape index (κ3) is 1.49. The maximum atomic E-state index is 10.5. The van der Waals surface area contributed by atoms with Gasteiger partial charge in [-0.1, -0.05) is 18.2 Å². The maximum absolute atomic E-state index is 10.5. The van der Waals surface area contributed by atoms with E-state index in [1.807, 2.05) is 30.3 Å². The molecule has 1 fully saturated rings. The summed E-state index contributed by atoms with van der Waals surface area (Å²) in [4.78, 5) is 12.6. The predicted octanol–water partition coefficient (Wildman–Crippen LogP) is 1.21. The molecule has 1 aliphatic rings. The van der Waals surface area contributed by atoms with Gasteiger partial charge in [0.05, 0.1) is 5.92 Å². The molecule has 0 aromatic heterocycles. The van der Waals surface area contributed by atoms with Crippen LogP contribution in [-0.2, 0) is 4.79 Å². The Morgan fingerprint density at radius 2 is 1.92 bits per heavy atom. The van der Waals surface area contributed by atoms with Crippen molar-refractivity contribution >= 4 is 11.7 Å². The van der Waals surface area contributed by atoms with E-state index < -0.39 is 5.97 Å². The quantitative estimate of drug-likeness (QED) is 0.738. The normalized spacial score (nSPS) is 16.8. The number of carboxylic acids is 1. The zero-order valence-electron chi connectivity index (χ0n) is 7.18. The van der Waals surface area contributed by atoms with Crippen molar-refractivity contribution in [1.29, 1.82) is 0 Å². The number of rotatable bonds is 2. The highest BCUT2D eigenvalue weighted by molar-refractivity contribution is 5.74. The van der Waals surface area contributed by atoms with Crippen LogP contribution in [0.1, 0.15) is 0 Å². The first kappa shape index (κ1) is 8.10. The number of aliphatic carboxylic acids is 1. The minimum Gasteiger partial charge on any atom is -0.481 e. The van der Waals surface area contributed by atoms with Crippen LogP contribution in [0.25, 0.3) is 0 Å². The van der Waals surface area contributed by atoms with E-state index in [2.05, 4.69) is 4.90 Å². The summed E-state index contributed by atoms with van der Waals surface area (Å²) in [6.45, 7) is 1.28. The average molecular weight is 177 g/mol. The summed E-state index contributed by atoms with van der Waals surface area (Å²) in [6.07, 6.45) is 0. The molecule has 0 radical (unpaired) electrons. The Morgan fingerprint density at radius 1 is 1.31 bits per heavy atom. The Kier molecular flexibility index (Phi) is 1.93. The van der Waals surface area contributed by atoms with Crippen molar-refractivity contribution in [3.05, 3.63) is 30.3 Å². The van der Waals surface area contributed by atoms with Crippen LogP contribution in [0.4, 0.5) is 5.69 Å². The van der Waals surface area contributed by atoms with Crippen molar-refractivity contribution in [3.63, 3.8) is 0 Å². The monoisotopic (exact) mass is 177 g/mol. The number of hydrogen-bond donors (Lipinski definition) is 1. The van der Waals surface area contributed by atoms with Crippen LogP contribution in [0.5, 0.6) is 0 Å². The molecule has 2 rings (SSSR count). The summed E-state index contributed by atoms with van der Waals surface area (Å²) in [7, 11) is 0. The van der Waals surface area contributed by atoms with Gasteiger partial charge in [-0.25, -0.2) is 0 Å². The van der Waals surface area contributed by atoms with Crippen LogP contribution < -0.4 is 4.90 Å². The Labute approximate surface area is 76.6 Å². The smallest absolute Gasteiger partial charge is 0.310 e. The Balaban J connectivity index is 1.98. The molecule has 1 saturated heterocycles. The van der Waals surface area contributed by atoms with Gasteiger partial charge in [-0.3, -0.25) is 4.79 Å². The lowest BCUT2D eigenvalue weighted by Gasteiger charge is -2.38. The highest BCUT2D eigenvalue weighted by atomic mass is 16.4. The maximum Gasteiger partial charge on any atom is 0.310 e. The summed E-state index contributed by atoms with van der Waals surface area (Å²) in [5.74, 6) is -0.868. The second-order valence-corrected chi connectivity index (χ2v) is 3.28. The molecule has 0 unspecified atom stereocenters. The van der Waals surface area contributed by atoms with Gasteiger partial charge in [0, 0.05) is 18.8 Å². The first-order valence-electron chi connectivity index (χ1n) is 4.30. The molecule has 0 saturated carbocycles. The molecule has 1 aromatic carbocycles. The number of hydrogen-bond acceptors (Lipinski definition) is 2. The first-order chi connectivity index (χ1) is 6.27. The van der Waals surface area contributed by atoms with Crippen molar-refractivity contribution in [3.8, 4) is 0 Å². The second kappa shape index (κ2) is 3.09. The lowest BCUT2D eigenvalue weighted by Crippen LogP contribution is -2.50. The number of para-hydroxylation sites is 1. The summed E-state index contributed by atoms with van der Waals surface area (Å²) in [5.41, 5.74) is 1.11. The van der Waals surface area contributed by atoms with Crippen molar-refractivity contribution in [2.45, 2.75) is 0 Å². The number of anilines is 1. The van der Waals surface area contributed by atoms with E-state index in [0.29, 0.717) is 13.1 Å². The van der Waals surface area contributed by atoms with Gasteiger partial charge in [0.25, 0.3) is 0 Å². The van der Waals surface area contributed by atoms with E-state index in [9.17, 15) is 4.79 Å². The van der Waals surface area contributed by atoms with Crippen LogP contribution in [0, 0.1) is 5.92 Å². The van der Waals surface area contributed by atoms with E-state index in [0.717, 1.165) is 5.69 Å². The molecule has 1 heterocycles. The molecule has 1 N–H and O–H groups in total. The van der Waals surface area contributed by atoms with Crippen LogP contribution in [0.15, 0.2) is 30.3 Å². The topological polar surface area (TPSA) is 40.5 Å². The summed E-state index contributed by atoms with van der Waals surface area (Å²) >= 11 is 0. The highest BCUT2D eigenvalue weighted by Gasteiger charge is 2.32. The van der Waals surface area contributed by atoms with Crippen LogP contribution in [-0.4, -0.2) is 24.2 Å². The standard InChI is InChI=1S/C10H11NO2/c12-10(13)8-6-11(7-8)9-4-2-1-3-5-9/h1-5,8H,6-7H2,(H,12,13). The zero-order valence-corrected chi connectivity index (χ0v) is 7.18. The van der Waals surface area contributed by atoms with E-state index in [1.165, 1.54) is 0 Å². The number of carbonyl (C=O) groups is 1. The van der Waals surface area contributed by atoms with Gasteiger partial charge < -0.3 is 10.0 Å². The molecule has 0 amide bonds. The summed E-state index contributed by atoms with van der Waals surface area (Å²) in [6, 6.07) is 9.88. The fourth-order valence-electron chi connectivity index (χ4n) is 1.48. The minimum absolute atomic E-state index is 0.180. The number of carboxylic acid groups (broad SMARTS) is 1. The van der Waals surface area contributed by atoms with Crippen molar-refractivity contribution in [2.75, 3.05) is 18.0 Å². The zero-order chi connectivity index (χ0) is 9.26. The minimum atomic E-state index is -0.688. The molecule has 0 spiro atoms. The molecule has 1 aliphatic heterocycles. The van der Waals surface area contributed by atoms with Gasteiger partial charge >= 0.3 is 5.97 Å². The molecule has 3 nitrogen and oxygen atoms in total. The van der Waals surface area contributed by atoms with E-state index in [1.54, 1.807) is 0 Å². The summed E-state index contributed by atoms with van der Waals surface area (Å²) < 4.78 is 0. The van der Waals surface area contributed by atoms with Gasteiger partial charge in [0.15, 0.2) is 0 Å². The Bertz CT molecular complexity index is 304. The average Bonchev–Trinajstić information content (AvgIpc) is 2.02. The first-order valence-corrected chi connectivity index (χ1v) is 4.30. The summed E-state index contributed by atoms with van der Waals surface area (Å²) in [5, 5.41) is 8.67. The van der Waals surface area contributed by atoms with Crippen molar-refractivity contribution < 1.29 is 9.90 Å². The van der Waals surface area contributed by atoms with E-state index in [-0.39, 0.29) is 5.92 Å². The molecule has 0 aliphatic carbocycles. The lowest BCUT2D eigenvalue weighted by molar-refractivity contribution is -0.142. The third-order valence-electron chi connectivity index (χ3n) is 2.35. The highest BCUT2D eigenvalue weighted by Crippen LogP contribution is 2.23. The lowest BCUT2D eigenvalue weighted by atomic mass is 10.00. The van der Waals surface area contributed by atoms with Gasteiger partial charge in [-0.2, -0.15) is 0 Å². The predicted molar refractivity (Wildman–Crippen MR) is 49.8 cm³/mol. The fourth-order valence-corrected chi connectivity index (χ4v) is 1.48. The van der Waals surface area contributed by atoms with Crippen molar-refractivity contribution in [1.82, 2.24) is 0 Å². The molecule has 0 atom stereocenters. The van der Waals surface area contributed by atoms with Gasteiger partial charge in [0.1, 0.15) is 0 Å². The fraction of sp³-hybridized carbons (Fsp3) is 0.300. The van der Waals surface area contributed by atoms with E-state index >= 15 is 0 Å². The van der Waals surface area contributed by atoms with Crippen LogP contribution in [0.2, 0.25) is 0 Å². The van der Waals surface area contributed by atoms with Gasteiger partial charge in [0.2, 0.25) is 0 Å². The largest absolute Gasteiger partial charge is 0.481 e. The van der Waals surface area contributed by atoms with Gasteiger partial charge in [-0.15, -0.1) is 0 Å². The Hall–Kier alpha value is -1.51. The molecule has 0 bridgehead atoms.